The number of benzene rings is 2. The second-order valence-electron chi connectivity index (χ2n) is 12.6. The molecule has 5 atom stereocenters. The van der Waals surface area contributed by atoms with Crippen LogP contribution in [0.1, 0.15) is 61.6 Å². The van der Waals surface area contributed by atoms with Gasteiger partial charge >= 0.3 is 0 Å². The second kappa shape index (κ2) is 10.5. The number of alkyl halides is 1. The molecule has 4 heteroatoms. The van der Waals surface area contributed by atoms with E-state index in [4.69, 9.17) is 9.47 Å². The van der Waals surface area contributed by atoms with Crippen molar-refractivity contribution >= 4 is 11.6 Å². The number of ether oxygens (including phenoxy) is 2. The Morgan fingerprint density at radius 3 is 2.70 bits per heavy atom. The van der Waals surface area contributed by atoms with Gasteiger partial charge in [0, 0.05) is 23.0 Å². The van der Waals surface area contributed by atoms with Gasteiger partial charge in [-0.15, -0.1) is 0 Å². The Bertz CT molecular complexity index is 1760. The van der Waals surface area contributed by atoms with Crippen molar-refractivity contribution in [3.63, 3.8) is 0 Å². The zero-order chi connectivity index (χ0) is 29.1. The molecule has 6 aliphatic rings. The molecule has 0 amide bonds. The SMILES string of the molecule is CC1CC=C(C2=CC(c3cccc4c3OC3=C(C=C4)CCC4=C3OC3C=CC=CC43)=CC(c3ccccc3F)C2)[C@@H](F)C1. The number of halogens is 2. The molecule has 8 rings (SSSR count). The molecular weight excluding hydrogens is 538 g/mol. The predicted molar refractivity (Wildman–Crippen MR) is 167 cm³/mol. The molecule has 0 saturated heterocycles. The average Bonchev–Trinajstić information content (AvgIpc) is 3.29. The van der Waals surface area contributed by atoms with Crippen LogP contribution in [0.15, 0.2) is 125 Å². The van der Waals surface area contributed by atoms with Crippen LogP contribution in [0.25, 0.3) is 11.6 Å². The summed E-state index contributed by atoms with van der Waals surface area (Å²) in [6, 6.07) is 13.1. The van der Waals surface area contributed by atoms with Gasteiger partial charge in [0.1, 0.15) is 23.8 Å². The molecule has 4 unspecified atom stereocenters. The first kappa shape index (κ1) is 26.4. The van der Waals surface area contributed by atoms with Crippen LogP contribution in [0.5, 0.6) is 5.75 Å². The maximum Gasteiger partial charge on any atom is 0.172 e. The summed E-state index contributed by atoms with van der Waals surface area (Å²) in [6.07, 6.45) is 21.8. The van der Waals surface area contributed by atoms with E-state index in [-0.39, 0.29) is 23.8 Å². The van der Waals surface area contributed by atoms with Crippen LogP contribution in [0, 0.1) is 17.7 Å². The first-order valence-corrected chi connectivity index (χ1v) is 15.5. The number of para-hydroxylation sites is 1. The number of hydrogen-bond donors (Lipinski definition) is 0. The highest BCUT2D eigenvalue weighted by molar-refractivity contribution is 5.84. The fourth-order valence-corrected chi connectivity index (χ4v) is 7.49. The van der Waals surface area contributed by atoms with Gasteiger partial charge < -0.3 is 9.47 Å². The lowest BCUT2D eigenvalue weighted by atomic mass is 9.77. The highest BCUT2D eigenvalue weighted by atomic mass is 19.1. The maximum atomic E-state index is 15.5. The zero-order valence-electron chi connectivity index (χ0n) is 24.2. The lowest BCUT2D eigenvalue weighted by molar-refractivity contribution is 0.156. The van der Waals surface area contributed by atoms with Crippen LogP contribution in [-0.4, -0.2) is 12.3 Å². The van der Waals surface area contributed by atoms with Crippen LogP contribution < -0.4 is 4.74 Å². The van der Waals surface area contributed by atoms with Gasteiger partial charge in [-0.3, -0.25) is 0 Å². The third-order valence-corrected chi connectivity index (χ3v) is 9.73. The summed E-state index contributed by atoms with van der Waals surface area (Å²) in [5.74, 6) is 2.50. The van der Waals surface area contributed by atoms with Gasteiger partial charge in [0.2, 0.25) is 0 Å². The Morgan fingerprint density at radius 2 is 1.81 bits per heavy atom. The summed E-state index contributed by atoms with van der Waals surface area (Å²) >= 11 is 0. The lowest BCUT2D eigenvalue weighted by Crippen LogP contribution is -2.19. The summed E-state index contributed by atoms with van der Waals surface area (Å²) in [6.45, 7) is 2.09. The Balaban J connectivity index is 1.23. The first-order chi connectivity index (χ1) is 21.0. The quantitative estimate of drug-likeness (QED) is 0.364. The number of fused-ring (bicyclic) bond motifs is 4. The molecule has 4 aliphatic carbocycles. The minimum Gasteiger partial charge on any atom is -0.481 e. The van der Waals surface area contributed by atoms with Gasteiger partial charge in [0.15, 0.2) is 11.5 Å². The standard InChI is InChI=1S/C39H34F2O2/c1-23-13-17-30(35(41)19-23)27-20-26(29-8-2-4-11-34(29)40)21-28(22-27)31-10-6-7-24-14-15-25-16-18-33-32-9-3-5-12-36(32)42-39(33)38(25)43-37(24)31/h2-12,14-15,17,21-23,26,32,35-36H,13,16,18-20H2,1H3/t23?,26?,32?,35-,36?/m0/s1. The second-order valence-corrected chi connectivity index (χ2v) is 12.6. The van der Waals surface area contributed by atoms with Crippen molar-refractivity contribution in [2.75, 3.05) is 0 Å². The highest BCUT2D eigenvalue weighted by Gasteiger charge is 2.40. The van der Waals surface area contributed by atoms with E-state index in [0.717, 1.165) is 69.9 Å². The molecule has 0 bridgehead atoms. The Morgan fingerprint density at radius 1 is 0.930 bits per heavy atom. The highest BCUT2D eigenvalue weighted by Crippen LogP contribution is 2.49. The monoisotopic (exact) mass is 572 g/mol. The summed E-state index contributed by atoms with van der Waals surface area (Å²) in [5, 5.41) is 0. The average molecular weight is 573 g/mol. The number of rotatable bonds is 3. The molecule has 216 valence electrons. The van der Waals surface area contributed by atoms with Crippen molar-refractivity contribution in [2.24, 2.45) is 11.8 Å². The summed E-state index contributed by atoms with van der Waals surface area (Å²) < 4.78 is 44.1. The predicted octanol–water partition coefficient (Wildman–Crippen LogP) is 9.87. The van der Waals surface area contributed by atoms with Crippen molar-refractivity contribution in [2.45, 2.75) is 57.2 Å². The van der Waals surface area contributed by atoms with Gasteiger partial charge in [-0.1, -0.05) is 91.9 Å². The molecule has 0 saturated carbocycles. The molecule has 0 fully saturated rings. The summed E-state index contributed by atoms with van der Waals surface area (Å²) in [5.41, 5.74) is 7.56. The van der Waals surface area contributed by atoms with Crippen molar-refractivity contribution in [1.82, 2.24) is 0 Å². The fourth-order valence-electron chi connectivity index (χ4n) is 7.49. The molecule has 2 nitrogen and oxygen atoms in total. The van der Waals surface area contributed by atoms with E-state index in [9.17, 15) is 0 Å². The third-order valence-electron chi connectivity index (χ3n) is 9.73. The number of hydrogen-bond acceptors (Lipinski definition) is 2. The lowest BCUT2D eigenvalue weighted by Gasteiger charge is -2.29. The van der Waals surface area contributed by atoms with Crippen molar-refractivity contribution < 1.29 is 18.3 Å². The molecule has 0 spiro atoms. The van der Waals surface area contributed by atoms with Gasteiger partial charge in [0.25, 0.3) is 0 Å². The fraction of sp³-hybridized carbons (Fsp3) is 0.282. The van der Waals surface area contributed by atoms with E-state index in [2.05, 4.69) is 67.7 Å². The molecule has 43 heavy (non-hydrogen) atoms. The smallest absolute Gasteiger partial charge is 0.172 e. The van der Waals surface area contributed by atoms with Crippen molar-refractivity contribution in [3.8, 4) is 5.75 Å². The van der Waals surface area contributed by atoms with Crippen LogP contribution in [0.4, 0.5) is 8.78 Å². The van der Waals surface area contributed by atoms with E-state index in [1.54, 1.807) is 6.07 Å². The van der Waals surface area contributed by atoms with Crippen LogP contribution in [0.2, 0.25) is 0 Å². The minimum absolute atomic E-state index is 0.000557. The molecular formula is C39H34F2O2. The number of allylic oxidation sites excluding steroid dienone is 10. The largest absolute Gasteiger partial charge is 0.481 e. The third kappa shape index (κ3) is 4.59. The van der Waals surface area contributed by atoms with Gasteiger partial charge in [0.05, 0.1) is 0 Å². The van der Waals surface area contributed by atoms with Crippen LogP contribution in [0.3, 0.4) is 0 Å². The Kier molecular flexibility index (Phi) is 6.47. The molecule has 2 aromatic rings. The topological polar surface area (TPSA) is 18.5 Å². The normalized spacial score (nSPS) is 28.9. The Labute approximate surface area is 251 Å². The van der Waals surface area contributed by atoms with E-state index >= 15 is 8.78 Å². The summed E-state index contributed by atoms with van der Waals surface area (Å²) in [4.78, 5) is 0. The van der Waals surface area contributed by atoms with Gasteiger partial charge in [-0.2, -0.15) is 0 Å². The van der Waals surface area contributed by atoms with E-state index in [1.807, 2.05) is 24.3 Å². The van der Waals surface area contributed by atoms with E-state index < -0.39 is 6.17 Å². The molecule has 2 heterocycles. The first-order valence-electron chi connectivity index (χ1n) is 15.5. The molecule has 2 aliphatic heterocycles. The molecule has 0 radical (unpaired) electrons. The summed E-state index contributed by atoms with van der Waals surface area (Å²) in [7, 11) is 0. The van der Waals surface area contributed by atoms with Crippen molar-refractivity contribution in [1.29, 1.82) is 0 Å². The maximum absolute atomic E-state index is 15.5. The van der Waals surface area contributed by atoms with Gasteiger partial charge in [-0.05, 0) is 83.6 Å². The molecule has 0 N–H and O–H groups in total. The van der Waals surface area contributed by atoms with Crippen LogP contribution >= 0.6 is 0 Å². The zero-order valence-corrected chi connectivity index (χ0v) is 24.2. The Hall–Kier alpha value is -4.18. The minimum atomic E-state index is -1.02. The van der Waals surface area contributed by atoms with Crippen LogP contribution in [-0.2, 0) is 4.74 Å². The molecule has 0 aromatic heterocycles. The van der Waals surface area contributed by atoms with E-state index in [0.29, 0.717) is 24.3 Å². The van der Waals surface area contributed by atoms with Crippen molar-refractivity contribution in [3.05, 3.63) is 147 Å². The molecule has 2 aromatic carbocycles. The van der Waals surface area contributed by atoms with Gasteiger partial charge in [-0.25, -0.2) is 8.78 Å². The van der Waals surface area contributed by atoms with E-state index in [1.165, 1.54) is 11.6 Å².